The van der Waals surface area contributed by atoms with E-state index in [9.17, 15) is 0 Å². The van der Waals surface area contributed by atoms with Gasteiger partial charge < -0.3 is 0 Å². The molecule has 0 spiro atoms. The minimum atomic E-state index is 0.598. The highest BCUT2D eigenvalue weighted by Gasteiger charge is 2.09. The molecule has 0 amide bonds. The summed E-state index contributed by atoms with van der Waals surface area (Å²) in [6.07, 6.45) is 4.40. The van der Waals surface area contributed by atoms with Gasteiger partial charge in [-0.25, -0.2) is 0 Å². The third-order valence-electron chi connectivity index (χ3n) is 2.28. The number of aromatic nitrogens is 2. The highest BCUT2D eigenvalue weighted by molar-refractivity contribution is 5.20. The van der Waals surface area contributed by atoms with Crippen molar-refractivity contribution in [3.05, 3.63) is 17.5 Å². The second kappa shape index (κ2) is 4.45. The van der Waals surface area contributed by atoms with E-state index in [1.807, 2.05) is 0 Å². The number of nitrogens with zero attached hydrogens (tertiary/aromatic N) is 2. The Morgan fingerprint density at radius 2 is 2.08 bits per heavy atom. The minimum Gasteiger partial charge on any atom is -0.272 e. The lowest BCUT2D eigenvalue weighted by atomic mass is 10.0. The molecule has 74 valence electrons. The molecule has 13 heavy (non-hydrogen) atoms. The monoisotopic (exact) mass is 180 g/mol. The van der Waals surface area contributed by atoms with Crippen LogP contribution in [-0.2, 0) is 13.0 Å². The van der Waals surface area contributed by atoms with Gasteiger partial charge in [-0.1, -0.05) is 27.7 Å². The van der Waals surface area contributed by atoms with E-state index in [4.69, 9.17) is 0 Å². The Morgan fingerprint density at radius 1 is 1.38 bits per heavy atom. The van der Waals surface area contributed by atoms with Gasteiger partial charge in [0.1, 0.15) is 0 Å². The molecule has 0 N–H and O–H groups in total. The third kappa shape index (κ3) is 2.33. The van der Waals surface area contributed by atoms with Crippen LogP contribution in [0.4, 0.5) is 0 Å². The number of hydrogen-bond acceptors (Lipinski definition) is 1. The standard InChI is InChI=1S/C11H20N2/c1-5-7-13-8-10(9(3)4)11(6-2)12-13/h8-9H,5-7H2,1-4H3. The molecule has 1 rings (SSSR count). The van der Waals surface area contributed by atoms with Crippen molar-refractivity contribution in [2.75, 3.05) is 0 Å². The van der Waals surface area contributed by atoms with Crippen LogP contribution in [0, 0.1) is 0 Å². The molecule has 0 aliphatic rings. The SMILES string of the molecule is CCCn1cc(C(C)C)c(CC)n1. The molecule has 0 radical (unpaired) electrons. The Morgan fingerprint density at radius 3 is 2.46 bits per heavy atom. The molecule has 0 aliphatic heterocycles. The molecule has 0 aliphatic carbocycles. The summed E-state index contributed by atoms with van der Waals surface area (Å²) in [6, 6.07) is 0. The topological polar surface area (TPSA) is 17.8 Å². The summed E-state index contributed by atoms with van der Waals surface area (Å²) in [7, 11) is 0. The van der Waals surface area contributed by atoms with Gasteiger partial charge in [-0.2, -0.15) is 5.10 Å². The molecule has 1 aromatic heterocycles. The zero-order chi connectivity index (χ0) is 9.84. The van der Waals surface area contributed by atoms with Crippen molar-refractivity contribution < 1.29 is 0 Å². The first-order valence-electron chi connectivity index (χ1n) is 5.25. The molecule has 0 atom stereocenters. The van der Waals surface area contributed by atoms with Gasteiger partial charge in [0.15, 0.2) is 0 Å². The van der Waals surface area contributed by atoms with Crippen molar-refractivity contribution in [2.24, 2.45) is 0 Å². The minimum absolute atomic E-state index is 0.598. The van der Waals surface area contributed by atoms with Crippen molar-refractivity contribution >= 4 is 0 Å². The van der Waals surface area contributed by atoms with Crippen LogP contribution in [0.3, 0.4) is 0 Å². The van der Waals surface area contributed by atoms with Gasteiger partial charge in [-0.05, 0) is 24.3 Å². The van der Waals surface area contributed by atoms with E-state index >= 15 is 0 Å². The van der Waals surface area contributed by atoms with Gasteiger partial charge in [0.2, 0.25) is 0 Å². The molecule has 2 nitrogen and oxygen atoms in total. The van der Waals surface area contributed by atoms with Crippen LogP contribution in [0.1, 0.15) is 51.3 Å². The Balaban J connectivity index is 2.90. The van der Waals surface area contributed by atoms with Crippen LogP contribution < -0.4 is 0 Å². The van der Waals surface area contributed by atoms with Crippen LogP contribution in [0.25, 0.3) is 0 Å². The van der Waals surface area contributed by atoms with Crippen LogP contribution in [0.15, 0.2) is 6.20 Å². The lowest BCUT2D eigenvalue weighted by Crippen LogP contribution is -1.97. The smallest absolute Gasteiger partial charge is 0.0656 e. The van der Waals surface area contributed by atoms with Gasteiger partial charge in [-0.3, -0.25) is 4.68 Å². The maximum Gasteiger partial charge on any atom is 0.0656 e. The van der Waals surface area contributed by atoms with Crippen molar-refractivity contribution in [1.82, 2.24) is 9.78 Å². The van der Waals surface area contributed by atoms with E-state index in [1.54, 1.807) is 0 Å². The van der Waals surface area contributed by atoms with Crippen LogP contribution >= 0.6 is 0 Å². The molecule has 0 fully saturated rings. The molecule has 1 heterocycles. The first kappa shape index (κ1) is 10.3. The quantitative estimate of drug-likeness (QED) is 0.696. The maximum atomic E-state index is 4.56. The van der Waals surface area contributed by atoms with E-state index in [1.165, 1.54) is 11.3 Å². The van der Waals surface area contributed by atoms with E-state index in [0.29, 0.717) is 5.92 Å². The predicted molar refractivity (Wildman–Crippen MR) is 56.0 cm³/mol. The van der Waals surface area contributed by atoms with Gasteiger partial charge >= 0.3 is 0 Å². The molecular weight excluding hydrogens is 160 g/mol. The molecule has 0 saturated carbocycles. The average molecular weight is 180 g/mol. The molecule has 0 unspecified atom stereocenters. The Kier molecular flexibility index (Phi) is 3.52. The second-order valence-electron chi connectivity index (χ2n) is 3.80. The zero-order valence-electron chi connectivity index (χ0n) is 9.17. The van der Waals surface area contributed by atoms with Crippen LogP contribution in [0.2, 0.25) is 0 Å². The Labute approximate surface area is 81.0 Å². The highest BCUT2D eigenvalue weighted by atomic mass is 15.3. The summed E-state index contributed by atoms with van der Waals surface area (Å²) in [5.74, 6) is 0.598. The maximum absolute atomic E-state index is 4.56. The van der Waals surface area contributed by atoms with Crippen molar-refractivity contribution in [1.29, 1.82) is 0 Å². The largest absolute Gasteiger partial charge is 0.272 e. The molecule has 0 bridgehead atoms. The lowest BCUT2D eigenvalue weighted by molar-refractivity contribution is 0.595. The molecule has 2 heteroatoms. The molecule has 0 saturated heterocycles. The zero-order valence-corrected chi connectivity index (χ0v) is 9.17. The first-order chi connectivity index (χ1) is 6.19. The van der Waals surface area contributed by atoms with E-state index in [0.717, 1.165) is 19.4 Å². The van der Waals surface area contributed by atoms with Crippen molar-refractivity contribution in [2.45, 2.75) is 53.0 Å². The van der Waals surface area contributed by atoms with E-state index in [-0.39, 0.29) is 0 Å². The number of aryl methyl sites for hydroxylation is 2. The van der Waals surface area contributed by atoms with E-state index < -0.39 is 0 Å². The lowest BCUT2D eigenvalue weighted by Gasteiger charge is -2.01. The summed E-state index contributed by atoms with van der Waals surface area (Å²) in [5, 5.41) is 4.56. The summed E-state index contributed by atoms with van der Waals surface area (Å²) < 4.78 is 2.08. The highest BCUT2D eigenvalue weighted by Crippen LogP contribution is 2.18. The number of hydrogen-bond donors (Lipinski definition) is 0. The first-order valence-corrected chi connectivity index (χ1v) is 5.25. The Hall–Kier alpha value is -0.790. The summed E-state index contributed by atoms with van der Waals surface area (Å²) >= 11 is 0. The fraction of sp³-hybridized carbons (Fsp3) is 0.727. The fourth-order valence-corrected chi connectivity index (χ4v) is 1.58. The molecular formula is C11H20N2. The third-order valence-corrected chi connectivity index (χ3v) is 2.28. The van der Waals surface area contributed by atoms with Gasteiger partial charge in [0, 0.05) is 12.7 Å². The normalized spacial score (nSPS) is 11.2. The van der Waals surface area contributed by atoms with Crippen molar-refractivity contribution in [3.8, 4) is 0 Å². The van der Waals surface area contributed by atoms with Crippen LogP contribution in [0.5, 0.6) is 0 Å². The van der Waals surface area contributed by atoms with Gasteiger partial charge in [0.05, 0.1) is 5.69 Å². The van der Waals surface area contributed by atoms with E-state index in [2.05, 4.69) is 43.7 Å². The molecule has 1 aromatic rings. The summed E-state index contributed by atoms with van der Waals surface area (Å²) in [4.78, 5) is 0. The summed E-state index contributed by atoms with van der Waals surface area (Å²) in [5.41, 5.74) is 2.68. The van der Waals surface area contributed by atoms with Crippen LogP contribution in [-0.4, -0.2) is 9.78 Å². The summed E-state index contributed by atoms with van der Waals surface area (Å²) in [6.45, 7) is 9.85. The van der Waals surface area contributed by atoms with Crippen molar-refractivity contribution in [3.63, 3.8) is 0 Å². The number of rotatable bonds is 4. The van der Waals surface area contributed by atoms with Gasteiger partial charge in [0.25, 0.3) is 0 Å². The molecule has 0 aromatic carbocycles. The average Bonchev–Trinajstić information content (AvgIpc) is 2.48. The fourth-order valence-electron chi connectivity index (χ4n) is 1.58. The second-order valence-corrected chi connectivity index (χ2v) is 3.80. The predicted octanol–water partition coefficient (Wildman–Crippen LogP) is 2.98. The Bertz CT molecular complexity index is 261. The van der Waals surface area contributed by atoms with Gasteiger partial charge in [-0.15, -0.1) is 0 Å².